The van der Waals surface area contributed by atoms with Crippen LogP contribution in [0.5, 0.6) is 0 Å². The van der Waals surface area contributed by atoms with Crippen molar-refractivity contribution in [3.63, 3.8) is 0 Å². The third-order valence-corrected chi connectivity index (χ3v) is 3.69. The Kier molecular flexibility index (Phi) is 4.74. The first kappa shape index (κ1) is 16.3. The second-order valence-electron chi connectivity index (χ2n) is 6.13. The van der Waals surface area contributed by atoms with Crippen molar-refractivity contribution in [3.8, 4) is 0 Å². The van der Waals surface area contributed by atoms with Crippen molar-refractivity contribution in [1.82, 2.24) is 4.90 Å². The average molecular weight is 305 g/mol. The summed E-state index contributed by atoms with van der Waals surface area (Å²) in [6, 6.07) is 2.94. The number of aliphatic hydroxyl groups excluding tert-OH is 1. The zero-order chi connectivity index (χ0) is 16.4. The molecule has 1 aliphatic heterocycles. The normalized spacial score (nSPS) is 18.7. The standard InChI is InChI=1S/C17H23NO4/c1-5-8-18-15(13-7-6-11(4)22-13)14(16(20)17(18)21)12(19)9-10(2)3/h6-7,10,15,20H,5,8-9H2,1-4H3. The van der Waals surface area contributed by atoms with Gasteiger partial charge >= 0.3 is 0 Å². The van der Waals surface area contributed by atoms with Gasteiger partial charge in [0.15, 0.2) is 11.5 Å². The summed E-state index contributed by atoms with van der Waals surface area (Å²) in [5.74, 6) is 0.267. The van der Waals surface area contributed by atoms with Crippen LogP contribution in [0.25, 0.3) is 0 Å². The Morgan fingerprint density at radius 3 is 2.59 bits per heavy atom. The van der Waals surface area contributed by atoms with Crippen LogP contribution in [-0.4, -0.2) is 28.2 Å². The lowest BCUT2D eigenvalue weighted by molar-refractivity contribution is -0.129. The van der Waals surface area contributed by atoms with E-state index >= 15 is 0 Å². The molecule has 22 heavy (non-hydrogen) atoms. The van der Waals surface area contributed by atoms with Crippen LogP contribution in [0.2, 0.25) is 0 Å². The highest BCUT2D eigenvalue weighted by Crippen LogP contribution is 2.39. The van der Waals surface area contributed by atoms with Crippen LogP contribution in [0.3, 0.4) is 0 Å². The monoisotopic (exact) mass is 305 g/mol. The number of ketones is 1. The predicted octanol–water partition coefficient (Wildman–Crippen LogP) is 3.31. The Hall–Kier alpha value is -2.04. The number of Topliss-reactive ketones (excluding diaryl/α,β-unsaturated/α-hetero) is 1. The topological polar surface area (TPSA) is 70.8 Å². The van der Waals surface area contributed by atoms with Crippen LogP contribution >= 0.6 is 0 Å². The molecule has 0 saturated heterocycles. The molecule has 0 saturated carbocycles. The van der Waals surface area contributed by atoms with Crippen LogP contribution in [0.1, 0.15) is 51.2 Å². The summed E-state index contributed by atoms with van der Waals surface area (Å²) in [7, 11) is 0. The van der Waals surface area contributed by atoms with E-state index in [1.807, 2.05) is 27.7 Å². The molecule has 1 aliphatic rings. The van der Waals surface area contributed by atoms with E-state index in [-0.39, 0.29) is 17.3 Å². The predicted molar refractivity (Wildman–Crippen MR) is 82.3 cm³/mol. The Morgan fingerprint density at radius 1 is 1.41 bits per heavy atom. The minimum Gasteiger partial charge on any atom is -0.503 e. The summed E-state index contributed by atoms with van der Waals surface area (Å²) in [6.07, 6.45) is 1.03. The fraction of sp³-hybridized carbons (Fsp3) is 0.529. The van der Waals surface area contributed by atoms with Gasteiger partial charge in [-0.15, -0.1) is 0 Å². The first-order valence-electron chi connectivity index (χ1n) is 7.70. The maximum atomic E-state index is 12.5. The molecule has 2 heterocycles. The fourth-order valence-electron chi connectivity index (χ4n) is 2.79. The quantitative estimate of drug-likeness (QED) is 0.875. The van der Waals surface area contributed by atoms with Crippen molar-refractivity contribution in [2.75, 3.05) is 6.54 Å². The molecule has 5 nitrogen and oxygen atoms in total. The molecule has 1 aromatic rings. The van der Waals surface area contributed by atoms with E-state index in [4.69, 9.17) is 4.42 Å². The van der Waals surface area contributed by atoms with Gasteiger partial charge in [0.05, 0.1) is 5.57 Å². The molecule has 0 fully saturated rings. The Labute approximate surface area is 130 Å². The molecule has 0 aromatic carbocycles. The fourth-order valence-corrected chi connectivity index (χ4v) is 2.79. The minimum absolute atomic E-state index is 0.155. The third kappa shape index (κ3) is 2.93. The van der Waals surface area contributed by atoms with Crippen molar-refractivity contribution >= 4 is 11.7 Å². The number of furan rings is 1. The number of amides is 1. The van der Waals surface area contributed by atoms with E-state index in [9.17, 15) is 14.7 Å². The van der Waals surface area contributed by atoms with Gasteiger partial charge in [-0.05, 0) is 31.4 Å². The number of aliphatic hydroxyl groups is 1. The smallest absolute Gasteiger partial charge is 0.290 e. The molecule has 5 heteroatoms. The highest BCUT2D eigenvalue weighted by atomic mass is 16.3. The molecule has 2 rings (SSSR count). The zero-order valence-corrected chi connectivity index (χ0v) is 13.5. The number of hydrogen-bond donors (Lipinski definition) is 1. The molecule has 0 aliphatic carbocycles. The van der Waals surface area contributed by atoms with Gasteiger partial charge in [0, 0.05) is 13.0 Å². The SMILES string of the molecule is CCCN1C(=O)C(O)=C(C(=O)CC(C)C)C1c1ccc(C)o1. The van der Waals surface area contributed by atoms with Crippen LogP contribution < -0.4 is 0 Å². The second kappa shape index (κ2) is 6.38. The van der Waals surface area contributed by atoms with Crippen molar-refractivity contribution in [3.05, 3.63) is 35.0 Å². The number of aryl methyl sites for hydroxylation is 1. The molecular formula is C17H23NO4. The minimum atomic E-state index is -0.618. The molecular weight excluding hydrogens is 282 g/mol. The Balaban J connectivity index is 2.45. The first-order chi connectivity index (χ1) is 10.4. The highest BCUT2D eigenvalue weighted by molar-refractivity contribution is 6.08. The van der Waals surface area contributed by atoms with Gasteiger partial charge in [0.2, 0.25) is 0 Å². The number of hydrogen-bond acceptors (Lipinski definition) is 4. The van der Waals surface area contributed by atoms with Crippen LogP contribution in [0.4, 0.5) is 0 Å². The first-order valence-corrected chi connectivity index (χ1v) is 7.70. The summed E-state index contributed by atoms with van der Waals surface area (Å²) >= 11 is 0. The average Bonchev–Trinajstić information content (AvgIpc) is 2.95. The van der Waals surface area contributed by atoms with Gasteiger partial charge in [0.25, 0.3) is 5.91 Å². The molecule has 0 spiro atoms. The summed E-state index contributed by atoms with van der Waals surface area (Å²) in [5, 5.41) is 10.2. The zero-order valence-electron chi connectivity index (χ0n) is 13.5. The molecule has 1 unspecified atom stereocenters. The van der Waals surface area contributed by atoms with Crippen molar-refractivity contribution < 1.29 is 19.1 Å². The van der Waals surface area contributed by atoms with Crippen molar-refractivity contribution in [2.45, 2.75) is 46.6 Å². The van der Waals surface area contributed by atoms with Gasteiger partial charge in [-0.3, -0.25) is 9.59 Å². The number of rotatable bonds is 6. The van der Waals surface area contributed by atoms with Crippen molar-refractivity contribution in [2.24, 2.45) is 5.92 Å². The summed E-state index contributed by atoms with van der Waals surface area (Å²) in [6.45, 7) is 8.09. The largest absolute Gasteiger partial charge is 0.503 e. The Bertz CT molecular complexity index is 612. The summed E-state index contributed by atoms with van der Waals surface area (Å²) in [5.41, 5.74) is 0.168. The van der Waals surface area contributed by atoms with Gasteiger partial charge in [-0.1, -0.05) is 20.8 Å². The molecule has 1 atom stereocenters. The number of carbonyl (C=O) groups excluding carboxylic acids is 2. The maximum Gasteiger partial charge on any atom is 0.290 e. The Morgan fingerprint density at radius 2 is 2.09 bits per heavy atom. The van der Waals surface area contributed by atoms with E-state index in [0.29, 0.717) is 24.5 Å². The molecule has 1 aromatic heterocycles. The van der Waals surface area contributed by atoms with E-state index in [2.05, 4.69) is 0 Å². The van der Waals surface area contributed by atoms with Gasteiger partial charge in [-0.2, -0.15) is 0 Å². The van der Waals surface area contributed by atoms with Gasteiger partial charge < -0.3 is 14.4 Å². The van der Waals surface area contributed by atoms with Crippen LogP contribution in [0, 0.1) is 12.8 Å². The van der Waals surface area contributed by atoms with E-state index in [0.717, 1.165) is 6.42 Å². The van der Waals surface area contributed by atoms with Crippen molar-refractivity contribution in [1.29, 1.82) is 0 Å². The molecule has 1 N–H and O–H groups in total. The number of nitrogens with zero attached hydrogens (tertiary/aromatic N) is 1. The lowest BCUT2D eigenvalue weighted by Crippen LogP contribution is -2.31. The molecule has 0 bridgehead atoms. The van der Waals surface area contributed by atoms with Gasteiger partial charge in [-0.25, -0.2) is 0 Å². The van der Waals surface area contributed by atoms with E-state index in [1.165, 1.54) is 4.90 Å². The number of carbonyl (C=O) groups is 2. The lowest BCUT2D eigenvalue weighted by atomic mass is 9.95. The molecule has 120 valence electrons. The summed E-state index contributed by atoms with van der Waals surface area (Å²) in [4.78, 5) is 26.3. The summed E-state index contributed by atoms with van der Waals surface area (Å²) < 4.78 is 5.63. The van der Waals surface area contributed by atoms with E-state index < -0.39 is 17.7 Å². The van der Waals surface area contributed by atoms with Gasteiger partial charge in [0.1, 0.15) is 17.6 Å². The third-order valence-electron chi connectivity index (χ3n) is 3.69. The van der Waals surface area contributed by atoms with Crippen LogP contribution in [0.15, 0.2) is 27.9 Å². The molecule has 0 radical (unpaired) electrons. The lowest BCUT2D eigenvalue weighted by Gasteiger charge is -2.24. The molecule has 1 amide bonds. The highest BCUT2D eigenvalue weighted by Gasteiger charge is 2.44. The maximum absolute atomic E-state index is 12.5. The van der Waals surface area contributed by atoms with Crippen LogP contribution in [-0.2, 0) is 9.59 Å². The van der Waals surface area contributed by atoms with E-state index in [1.54, 1.807) is 12.1 Å². The second-order valence-corrected chi connectivity index (χ2v) is 6.13.